The lowest BCUT2D eigenvalue weighted by atomic mass is 9.96. The number of hydrogen-bond acceptors (Lipinski definition) is 20. The quantitative estimate of drug-likeness (QED) is 0.0374. The zero-order chi connectivity index (χ0) is 61.7. The average Bonchev–Trinajstić information content (AvgIpc) is 3.04. The predicted octanol–water partition coefficient (Wildman–Crippen LogP) is 4.47. The third-order valence-electron chi connectivity index (χ3n) is 17.0. The SMILES string of the molecule is CCCCCCCCCCCCCCCCCCCCCC[C@@H](O)C(=O)N[C@@H](CO[C@H]1O[C@H](CO[C@@H]2O[C@H](CO)[C@H](O)[C@H](O)[C@H]2NC(C)=O)[C@H](O)[C@H](O)[C@H]1O[C@H]1O[C@H](CO)[C@H](O)[C@H](O)[C@H]1O)[C@H](O)[C@H](O)CCCCCCCCCCCCCC. The molecule has 3 aliphatic heterocycles. The summed E-state index contributed by atoms with van der Waals surface area (Å²) in [7, 11) is 0. The molecule has 0 radical (unpaired) electrons. The molecule has 3 aliphatic rings. The van der Waals surface area contributed by atoms with Crippen LogP contribution in [0, 0.1) is 0 Å². The second-order valence-corrected chi connectivity index (χ2v) is 24.3. The van der Waals surface area contributed by atoms with Crippen LogP contribution in [0.5, 0.6) is 0 Å². The Morgan fingerprint density at radius 2 is 0.845 bits per heavy atom. The van der Waals surface area contributed by atoms with Gasteiger partial charge in [0.05, 0.1) is 38.6 Å². The molecule has 84 heavy (non-hydrogen) atoms. The third kappa shape index (κ3) is 28.8. The van der Waals surface area contributed by atoms with Gasteiger partial charge < -0.3 is 100 Å². The van der Waals surface area contributed by atoms with Crippen molar-refractivity contribution in [3.05, 3.63) is 0 Å². The van der Waals surface area contributed by atoms with E-state index in [4.69, 9.17) is 28.4 Å². The molecule has 0 aromatic carbocycles. The molecule has 0 aromatic rings. The Hall–Kier alpha value is -1.78. The lowest BCUT2D eigenvalue weighted by Gasteiger charge is -2.47. The molecule has 22 nitrogen and oxygen atoms in total. The standard InChI is InChI=1S/C62H118N2O20/c1-4-6-8-10-12-14-16-18-19-20-21-22-23-24-25-27-29-31-33-35-37-45(69)59(78)64-43(50(70)44(68)36-34-32-30-28-26-17-15-13-11-9-7-5-2)40-79-62-58(84-61-57(77)55(75)52(72)47(39-66)82-61)56(76)53(73)48(83-62)41-80-60-49(63-42(3)67)54(74)51(71)46(38-65)81-60/h43-58,60-62,65-66,68-77H,4-41H2,1-3H3,(H,63,67)(H,64,78)/t43-,44+,45+,46+,47+,48+,49+,50-,51-,52-,53-,54+,55-,56-,57+,58+,60+,61+,62-/m0/s1. The maximum Gasteiger partial charge on any atom is 0.249 e. The summed E-state index contributed by atoms with van der Waals surface area (Å²) >= 11 is 0. The van der Waals surface area contributed by atoms with Gasteiger partial charge in [0, 0.05) is 6.92 Å². The Morgan fingerprint density at radius 3 is 1.29 bits per heavy atom. The number of aliphatic hydroxyl groups excluding tert-OH is 12. The Labute approximate surface area is 502 Å². The molecule has 0 spiro atoms. The molecule has 3 rings (SSSR count). The van der Waals surface area contributed by atoms with Gasteiger partial charge in [-0.3, -0.25) is 9.59 Å². The molecule has 0 aromatic heterocycles. The summed E-state index contributed by atoms with van der Waals surface area (Å²) in [6.45, 7) is 2.66. The molecular formula is C62H118N2O20. The minimum absolute atomic E-state index is 0.130. The van der Waals surface area contributed by atoms with Crippen molar-refractivity contribution in [3.63, 3.8) is 0 Å². The summed E-state index contributed by atoms with van der Waals surface area (Å²) in [6, 6.07) is -2.82. The number of unbranched alkanes of at least 4 members (excludes halogenated alkanes) is 30. The van der Waals surface area contributed by atoms with Crippen molar-refractivity contribution in [1.82, 2.24) is 10.6 Å². The van der Waals surface area contributed by atoms with Gasteiger partial charge in [-0.1, -0.05) is 219 Å². The van der Waals surface area contributed by atoms with Crippen molar-refractivity contribution in [1.29, 1.82) is 0 Å². The van der Waals surface area contributed by atoms with Crippen molar-refractivity contribution in [2.75, 3.05) is 26.4 Å². The first-order valence-electron chi connectivity index (χ1n) is 33.0. The first kappa shape index (κ1) is 76.5. The van der Waals surface area contributed by atoms with E-state index in [-0.39, 0.29) is 12.8 Å². The summed E-state index contributed by atoms with van der Waals surface area (Å²) in [5, 5.41) is 136. The molecule has 19 atom stereocenters. The highest BCUT2D eigenvalue weighted by Crippen LogP contribution is 2.32. The number of hydrogen-bond donors (Lipinski definition) is 14. The van der Waals surface area contributed by atoms with Gasteiger partial charge in [0.2, 0.25) is 11.8 Å². The van der Waals surface area contributed by atoms with Gasteiger partial charge in [-0.05, 0) is 12.8 Å². The van der Waals surface area contributed by atoms with Crippen LogP contribution in [0.4, 0.5) is 0 Å². The fraction of sp³-hybridized carbons (Fsp3) is 0.968. The molecule has 0 unspecified atom stereocenters. The van der Waals surface area contributed by atoms with Crippen LogP contribution < -0.4 is 10.6 Å². The van der Waals surface area contributed by atoms with Gasteiger partial charge >= 0.3 is 0 Å². The molecule has 3 heterocycles. The lowest BCUT2D eigenvalue weighted by Crippen LogP contribution is -2.66. The lowest BCUT2D eigenvalue weighted by molar-refractivity contribution is -0.371. The summed E-state index contributed by atoms with van der Waals surface area (Å²) < 4.78 is 35.2. The Kier molecular flexibility index (Phi) is 41.4. The number of amides is 2. The second kappa shape index (κ2) is 45.5. The van der Waals surface area contributed by atoms with Crippen molar-refractivity contribution in [2.24, 2.45) is 0 Å². The van der Waals surface area contributed by atoms with Crippen LogP contribution in [0.3, 0.4) is 0 Å². The summed E-state index contributed by atoms with van der Waals surface area (Å²) in [6.07, 6.45) is 8.66. The van der Waals surface area contributed by atoms with Gasteiger partial charge in [0.25, 0.3) is 0 Å². The minimum Gasteiger partial charge on any atom is -0.394 e. The van der Waals surface area contributed by atoms with E-state index in [0.29, 0.717) is 12.8 Å². The zero-order valence-corrected chi connectivity index (χ0v) is 51.5. The van der Waals surface area contributed by atoms with Crippen LogP contribution in [0.15, 0.2) is 0 Å². The van der Waals surface area contributed by atoms with Gasteiger partial charge in [-0.15, -0.1) is 0 Å². The first-order valence-corrected chi connectivity index (χ1v) is 33.0. The second-order valence-electron chi connectivity index (χ2n) is 24.3. The van der Waals surface area contributed by atoms with E-state index in [9.17, 15) is 70.9 Å². The van der Waals surface area contributed by atoms with Crippen molar-refractivity contribution >= 4 is 11.8 Å². The van der Waals surface area contributed by atoms with Crippen LogP contribution in [0.1, 0.15) is 239 Å². The Balaban J connectivity index is 1.67. The van der Waals surface area contributed by atoms with E-state index < -0.39 is 155 Å². The van der Waals surface area contributed by atoms with E-state index in [2.05, 4.69) is 24.5 Å². The molecule has 14 N–H and O–H groups in total. The normalized spacial score (nSPS) is 29.8. The third-order valence-corrected chi connectivity index (χ3v) is 17.0. The highest BCUT2D eigenvalue weighted by Gasteiger charge is 2.52. The molecule has 0 bridgehead atoms. The van der Waals surface area contributed by atoms with Crippen molar-refractivity contribution in [3.8, 4) is 0 Å². The van der Waals surface area contributed by atoms with Crippen molar-refractivity contribution < 1.29 is 99.3 Å². The molecule has 496 valence electrons. The van der Waals surface area contributed by atoms with Crippen LogP contribution >= 0.6 is 0 Å². The smallest absolute Gasteiger partial charge is 0.249 e. The fourth-order valence-electron chi connectivity index (χ4n) is 11.5. The molecule has 0 saturated carbocycles. The molecule has 2 amide bonds. The molecule has 0 aliphatic carbocycles. The van der Waals surface area contributed by atoms with Gasteiger partial charge in [-0.25, -0.2) is 0 Å². The van der Waals surface area contributed by atoms with Crippen LogP contribution in [-0.2, 0) is 38.0 Å². The number of carbonyl (C=O) groups excluding carboxylic acids is 2. The molecular weight excluding hydrogens is 1090 g/mol. The first-order chi connectivity index (χ1) is 40.5. The van der Waals surface area contributed by atoms with Crippen LogP contribution in [-0.4, -0.2) is 216 Å². The summed E-state index contributed by atoms with van der Waals surface area (Å²) in [4.78, 5) is 25.8. The monoisotopic (exact) mass is 1210 g/mol. The number of nitrogens with one attached hydrogen (secondary N) is 2. The average molecular weight is 1210 g/mol. The number of aliphatic hydroxyl groups is 12. The van der Waals surface area contributed by atoms with E-state index in [1.165, 1.54) is 135 Å². The van der Waals surface area contributed by atoms with Gasteiger partial charge in [-0.2, -0.15) is 0 Å². The van der Waals surface area contributed by atoms with Crippen LogP contribution in [0.2, 0.25) is 0 Å². The largest absolute Gasteiger partial charge is 0.394 e. The van der Waals surface area contributed by atoms with Crippen LogP contribution in [0.25, 0.3) is 0 Å². The zero-order valence-electron chi connectivity index (χ0n) is 51.5. The highest BCUT2D eigenvalue weighted by atomic mass is 16.8. The topological polar surface area (TPSA) is 356 Å². The number of carbonyl (C=O) groups is 2. The van der Waals surface area contributed by atoms with E-state index >= 15 is 0 Å². The van der Waals surface area contributed by atoms with E-state index in [1.54, 1.807) is 0 Å². The van der Waals surface area contributed by atoms with Crippen molar-refractivity contribution in [2.45, 2.75) is 355 Å². The molecule has 22 heteroatoms. The summed E-state index contributed by atoms with van der Waals surface area (Å²) in [5.74, 6) is -1.48. The minimum atomic E-state index is -2.01. The predicted molar refractivity (Wildman–Crippen MR) is 315 cm³/mol. The maximum absolute atomic E-state index is 13.7. The maximum atomic E-state index is 13.7. The van der Waals surface area contributed by atoms with Gasteiger partial charge in [0.1, 0.15) is 85.4 Å². The Bertz CT molecular complexity index is 1640. The van der Waals surface area contributed by atoms with Gasteiger partial charge in [0.15, 0.2) is 18.9 Å². The Morgan fingerprint density at radius 1 is 0.452 bits per heavy atom. The number of rotatable bonds is 49. The fourth-order valence-corrected chi connectivity index (χ4v) is 11.5. The molecule has 3 saturated heterocycles. The number of ether oxygens (including phenoxy) is 6. The molecule has 3 fully saturated rings. The van der Waals surface area contributed by atoms with E-state index in [0.717, 1.165) is 64.7 Å². The highest BCUT2D eigenvalue weighted by molar-refractivity contribution is 5.80. The summed E-state index contributed by atoms with van der Waals surface area (Å²) in [5.41, 5.74) is 0. The van der Waals surface area contributed by atoms with E-state index in [1.807, 2.05) is 0 Å².